The Labute approximate surface area is 116 Å². The van der Waals surface area contributed by atoms with E-state index in [4.69, 9.17) is 5.73 Å². The lowest BCUT2D eigenvalue weighted by Gasteiger charge is -2.12. The number of nitrogens with zero attached hydrogens (tertiary/aromatic N) is 2. The molecule has 0 saturated carbocycles. The largest absolute Gasteiger partial charge is 0.327 e. The number of benzene rings is 1. The summed E-state index contributed by atoms with van der Waals surface area (Å²) in [6.45, 7) is 4.11. The van der Waals surface area contributed by atoms with Crippen molar-refractivity contribution < 1.29 is 0 Å². The second kappa shape index (κ2) is 5.67. The molecule has 1 aromatic carbocycles. The van der Waals surface area contributed by atoms with Crippen molar-refractivity contribution >= 4 is 15.9 Å². The first-order valence-electron chi connectivity index (χ1n) is 6.16. The van der Waals surface area contributed by atoms with Crippen LogP contribution in [0.3, 0.4) is 0 Å². The minimum absolute atomic E-state index is 0.234. The van der Waals surface area contributed by atoms with Crippen molar-refractivity contribution in [2.24, 2.45) is 5.73 Å². The molecule has 0 aliphatic carbocycles. The van der Waals surface area contributed by atoms with Gasteiger partial charge in [0.25, 0.3) is 0 Å². The average Bonchev–Trinajstić information content (AvgIpc) is 2.75. The Morgan fingerprint density at radius 2 is 2.22 bits per heavy atom. The van der Waals surface area contributed by atoms with Gasteiger partial charge in [-0.05, 0) is 53.4 Å². The maximum atomic E-state index is 5.98. The molecule has 0 radical (unpaired) electrons. The summed E-state index contributed by atoms with van der Waals surface area (Å²) >= 11 is 3.63. The molecular formula is C14H18BrN3. The lowest BCUT2D eigenvalue weighted by atomic mass is 10.0. The second-order valence-corrected chi connectivity index (χ2v) is 5.36. The summed E-state index contributed by atoms with van der Waals surface area (Å²) in [5.41, 5.74) is 8.35. The number of halogens is 1. The van der Waals surface area contributed by atoms with Crippen LogP contribution in [0.2, 0.25) is 0 Å². The molecule has 1 aromatic heterocycles. The molecule has 1 unspecified atom stereocenters. The Kier molecular flexibility index (Phi) is 4.19. The molecule has 96 valence electrons. The van der Waals surface area contributed by atoms with Crippen molar-refractivity contribution in [3.05, 3.63) is 46.5 Å². The van der Waals surface area contributed by atoms with Gasteiger partial charge in [-0.15, -0.1) is 0 Å². The molecule has 2 N–H and O–H groups in total. The van der Waals surface area contributed by atoms with Crippen LogP contribution in [0.25, 0.3) is 5.69 Å². The van der Waals surface area contributed by atoms with Crippen LogP contribution < -0.4 is 5.73 Å². The fraction of sp³-hybridized carbons (Fsp3) is 0.357. The lowest BCUT2D eigenvalue weighted by molar-refractivity contribution is 0.646. The molecule has 4 heteroatoms. The SMILES string of the molecule is CCC(N)Cc1ccc(-n2ccnc2C)c(Br)c1. The minimum atomic E-state index is 0.234. The summed E-state index contributed by atoms with van der Waals surface area (Å²) in [4.78, 5) is 4.24. The fourth-order valence-corrected chi connectivity index (χ4v) is 2.57. The summed E-state index contributed by atoms with van der Waals surface area (Å²) in [7, 11) is 0. The first-order chi connectivity index (χ1) is 8.61. The summed E-state index contributed by atoms with van der Waals surface area (Å²) in [6.07, 6.45) is 5.69. The van der Waals surface area contributed by atoms with Crippen molar-refractivity contribution in [1.82, 2.24) is 9.55 Å². The van der Waals surface area contributed by atoms with Crippen molar-refractivity contribution in [2.75, 3.05) is 0 Å². The highest BCUT2D eigenvalue weighted by molar-refractivity contribution is 9.10. The average molecular weight is 308 g/mol. The number of imidazole rings is 1. The van der Waals surface area contributed by atoms with E-state index in [1.807, 2.05) is 19.3 Å². The predicted molar refractivity (Wildman–Crippen MR) is 78.0 cm³/mol. The van der Waals surface area contributed by atoms with E-state index in [9.17, 15) is 0 Å². The van der Waals surface area contributed by atoms with Gasteiger partial charge in [-0.2, -0.15) is 0 Å². The highest BCUT2D eigenvalue weighted by atomic mass is 79.9. The van der Waals surface area contributed by atoms with E-state index >= 15 is 0 Å². The van der Waals surface area contributed by atoms with E-state index in [0.717, 1.165) is 28.8 Å². The van der Waals surface area contributed by atoms with Crippen LogP contribution in [-0.4, -0.2) is 15.6 Å². The van der Waals surface area contributed by atoms with Crippen molar-refractivity contribution in [1.29, 1.82) is 0 Å². The first-order valence-corrected chi connectivity index (χ1v) is 6.95. The van der Waals surface area contributed by atoms with Gasteiger partial charge >= 0.3 is 0 Å². The molecule has 2 aromatic rings. The predicted octanol–water partition coefficient (Wildman–Crippen LogP) is 3.22. The maximum Gasteiger partial charge on any atom is 0.110 e. The number of rotatable bonds is 4. The van der Waals surface area contributed by atoms with Gasteiger partial charge in [0.15, 0.2) is 0 Å². The molecular weight excluding hydrogens is 290 g/mol. The molecule has 0 fully saturated rings. The fourth-order valence-electron chi connectivity index (χ4n) is 1.95. The van der Waals surface area contributed by atoms with Crippen LogP contribution in [0.15, 0.2) is 35.1 Å². The zero-order valence-electron chi connectivity index (χ0n) is 10.7. The van der Waals surface area contributed by atoms with Gasteiger partial charge in [0.1, 0.15) is 5.82 Å². The zero-order valence-corrected chi connectivity index (χ0v) is 12.3. The summed E-state index contributed by atoms with van der Waals surface area (Å²) in [5.74, 6) is 0.980. The molecule has 0 amide bonds. The van der Waals surface area contributed by atoms with Gasteiger partial charge in [0.05, 0.1) is 5.69 Å². The van der Waals surface area contributed by atoms with Gasteiger partial charge in [0.2, 0.25) is 0 Å². The Morgan fingerprint density at radius 3 is 2.78 bits per heavy atom. The van der Waals surface area contributed by atoms with Crippen LogP contribution in [0.1, 0.15) is 24.7 Å². The van der Waals surface area contributed by atoms with Gasteiger partial charge < -0.3 is 10.3 Å². The van der Waals surface area contributed by atoms with E-state index in [-0.39, 0.29) is 6.04 Å². The molecule has 0 spiro atoms. The Bertz CT molecular complexity index is 534. The molecule has 1 heterocycles. The van der Waals surface area contributed by atoms with E-state index < -0.39 is 0 Å². The molecule has 0 aliphatic heterocycles. The van der Waals surface area contributed by atoms with Crippen LogP contribution in [0.4, 0.5) is 0 Å². The van der Waals surface area contributed by atoms with Crippen LogP contribution in [-0.2, 0) is 6.42 Å². The highest BCUT2D eigenvalue weighted by Gasteiger charge is 2.07. The Balaban J connectivity index is 2.28. The van der Waals surface area contributed by atoms with E-state index in [0.29, 0.717) is 0 Å². The maximum absolute atomic E-state index is 5.98. The van der Waals surface area contributed by atoms with Gasteiger partial charge in [-0.1, -0.05) is 13.0 Å². The molecule has 3 nitrogen and oxygen atoms in total. The van der Waals surface area contributed by atoms with Crippen LogP contribution in [0, 0.1) is 6.92 Å². The highest BCUT2D eigenvalue weighted by Crippen LogP contribution is 2.24. The van der Waals surface area contributed by atoms with Crippen molar-refractivity contribution in [3.8, 4) is 5.69 Å². The second-order valence-electron chi connectivity index (χ2n) is 4.50. The number of nitrogens with two attached hydrogens (primary N) is 1. The topological polar surface area (TPSA) is 43.8 Å². The normalized spacial score (nSPS) is 12.7. The standard InChI is InChI=1S/C14H18BrN3/c1-3-12(16)8-11-4-5-14(13(15)9-11)18-7-6-17-10(18)2/h4-7,9,12H,3,8,16H2,1-2H3. The van der Waals surface area contributed by atoms with Gasteiger partial charge in [-0.3, -0.25) is 0 Å². The van der Waals surface area contributed by atoms with Gasteiger partial charge in [0, 0.05) is 22.9 Å². The number of hydrogen-bond acceptors (Lipinski definition) is 2. The van der Waals surface area contributed by atoms with Crippen molar-refractivity contribution in [2.45, 2.75) is 32.7 Å². The van der Waals surface area contributed by atoms with Crippen LogP contribution in [0.5, 0.6) is 0 Å². The Hall–Kier alpha value is -1.13. The minimum Gasteiger partial charge on any atom is -0.327 e. The molecule has 0 saturated heterocycles. The third-order valence-electron chi connectivity index (χ3n) is 3.12. The third kappa shape index (κ3) is 2.82. The summed E-state index contributed by atoms with van der Waals surface area (Å²) in [6, 6.07) is 6.62. The molecule has 0 bridgehead atoms. The molecule has 1 atom stereocenters. The molecule has 0 aliphatic rings. The summed E-state index contributed by atoms with van der Waals surface area (Å²) < 4.78 is 3.14. The van der Waals surface area contributed by atoms with Gasteiger partial charge in [-0.25, -0.2) is 4.98 Å². The van der Waals surface area contributed by atoms with E-state index in [2.05, 4.69) is 50.6 Å². The summed E-state index contributed by atoms with van der Waals surface area (Å²) in [5, 5.41) is 0. The Morgan fingerprint density at radius 1 is 1.44 bits per heavy atom. The zero-order chi connectivity index (χ0) is 13.1. The third-order valence-corrected chi connectivity index (χ3v) is 3.75. The van der Waals surface area contributed by atoms with E-state index in [1.54, 1.807) is 0 Å². The molecule has 2 rings (SSSR count). The smallest absolute Gasteiger partial charge is 0.110 e. The van der Waals surface area contributed by atoms with Crippen LogP contribution >= 0.6 is 15.9 Å². The quantitative estimate of drug-likeness (QED) is 0.942. The monoisotopic (exact) mass is 307 g/mol. The van der Waals surface area contributed by atoms with Crippen molar-refractivity contribution in [3.63, 3.8) is 0 Å². The number of hydrogen-bond donors (Lipinski definition) is 1. The first kappa shape index (κ1) is 13.3. The number of aryl methyl sites for hydroxylation is 1. The van der Waals surface area contributed by atoms with E-state index in [1.165, 1.54) is 5.56 Å². The number of aromatic nitrogens is 2. The molecule has 18 heavy (non-hydrogen) atoms. The lowest BCUT2D eigenvalue weighted by Crippen LogP contribution is -2.21.